The first-order valence-corrected chi connectivity index (χ1v) is 8.87. The zero-order valence-corrected chi connectivity index (χ0v) is 15.8. The molecule has 1 fully saturated rings. The quantitative estimate of drug-likeness (QED) is 0.632. The van der Waals surface area contributed by atoms with Crippen LogP contribution >= 0.6 is 0 Å². The lowest BCUT2D eigenvalue weighted by Crippen LogP contribution is -2.45. The number of benzene rings is 1. The molecular formula is C19H30N4O2. The molecule has 1 saturated heterocycles. The molecule has 0 radical (unpaired) electrons. The van der Waals surface area contributed by atoms with Crippen LogP contribution in [-0.2, 0) is 11.3 Å². The summed E-state index contributed by atoms with van der Waals surface area (Å²) in [5.41, 5.74) is 2.33. The fraction of sp³-hybridized carbons (Fsp3) is 0.579. The van der Waals surface area contributed by atoms with Gasteiger partial charge >= 0.3 is 0 Å². The van der Waals surface area contributed by atoms with Gasteiger partial charge in [-0.3, -0.25) is 9.79 Å². The second-order valence-corrected chi connectivity index (χ2v) is 6.51. The second kappa shape index (κ2) is 9.30. The number of methoxy groups -OCH3 is 1. The number of carbonyl (C=O) groups is 1. The standard InChI is InChI=1S/C19H30N4O2/c1-14-11-16(5-6-17(14)25-4)13-22-19(21-3)23-9-7-15(8-10-23)12-18(24)20-2/h5-6,11,15H,7-10,12-13H2,1-4H3,(H,20,24)(H,21,22). The van der Waals surface area contributed by atoms with E-state index in [4.69, 9.17) is 4.74 Å². The lowest BCUT2D eigenvalue weighted by atomic mass is 9.93. The third-order valence-electron chi connectivity index (χ3n) is 4.79. The van der Waals surface area contributed by atoms with E-state index in [0.29, 0.717) is 12.3 Å². The van der Waals surface area contributed by atoms with Crippen LogP contribution in [0.4, 0.5) is 0 Å². The lowest BCUT2D eigenvalue weighted by Gasteiger charge is -2.34. The van der Waals surface area contributed by atoms with E-state index in [9.17, 15) is 4.79 Å². The third-order valence-corrected chi connectivity index (χ3v) is 4.79. The summed E-state index contributed by atoms with van der Waals surface area (Å²) in [5, 5.41) is 6.15. The molecule has 0 spiro atoms. The number of piperidine rings is 1. The Morgan fingerprint density at radius 1 is 1.36 bits per heavy atom. The molecule has 1 amide bonds. The number of nitrogens with one attached hydrogen (secondary N) is 2. The molecule has 25 heavy (non-hydrogen) atoms. The summed E-state index contributed by atoms with van der Waals surface area (Å²) in [5.74, 6) is 2.44. The number of ether oxygens (including phenoxy) is 1. The van der Waals surface area contributed by atoms with Gasteiger partial charge in [0.25, 0.3) is 0 Å². The zero-order chi connectivity index (χ0) is 18.2. The predicted molar refractivity (Wildman–Crippen MR) is 101 cm³/mol. The Bertz CT molecular complexity index is 607. The number of likely N-dealkylation sites (tertiary alicyclic amines) is 1. The Morgan fingerprint density at radius 3 is 2.64 bits per heavy atom. The van der Waals surface area contributed by atoms with E-state index < -0.39 is 0 Å². The van der Waals surface area contributed by atoms with Crippen molar-refractivity contribution in [3.63, 3.8) is 0 Å². The van der Waals surface area contributed by atoms with Crippen LogP contribution in [0.25, 0.3) is 0 Å². The van der Waals surface area contributed by atoms with E-state index in [2.05, 4.69) is 32.7 Å². The van der Waals surface area contributed by atoms with Gasteiger partial charge in [-0.05, 0) is 42.9 Å². The second-order valence-electron chi connectivity index (χ2n) is 6.51. The molecule has 0 unspecified atom stereocenters. The molecular weight excluding hydrogens is 316 g/mol. The molecule has 0 saturated carbocycles. The number of aryl methyl sites for hydroxylation is 1. The van der Waals surface area contributed by atoms with Crippen LogP contribution < -0.4 is 15.4 Å². The monoisotopic (exact) mass is 346 g/mol. The Hall–Kier alpha value is -2.24. The van der Waals surface area contributed by atoms with Gasteiger partial charge in [-0.2, -0.15) is 0 Å². The summed E-state index contributed by atoms with van der Waals surface area (Å²) in [4.78, 5) is 18.2. The number of aliphatic imine (C=N–C) groups is 1. The maximum atomic E-state index is 11.5. The molecule has 138 valence electrons. The topological polar surface area (TPSA) is 66.0 Å². The number of hydrogen-bond acceptors (Lipinski definition) is 3. The molecule has 1 heterocycles. The van der Waals surface area contributed by atoms with Crippen LogP contribution in [0.3, 0.4) is 0 Å². The van der Waals surface area contributed by atoms with Crippen molar-refractivity contribution >= 4 is 11.9 Å². The molecule has 6 nitrogen and oxygen atoms in total. The fourth-order valence-electron chi connectivity index (χ4n) is 3.28. The van der Waals surface area contributed by atoms with E-state index in [-0.39, 0.29) is 5.91 Å². The summed E-state index contributed by atoms with van der Waals surface area (Å²) < 4.78 is 5.31. The van der Waals surface area contributed by atoms with Crippen LogP contribution in [0.1, 0.15) is 30.4 Å². The number of hydrogen-bond donors (Lipinski definition) is 2. The Kier molecular flexibility index (Phi) is 7.10. The van der Waals surface area contributed by atoms with Crippen LogP contribution in [0.2, 0.25) is 0 Å². The predicted octanol–water partition coefficient (Wildman–Crippen LogP) is 1.93. The van der Waals surface area contributed by atoms with E-state index >= 15 is 0 Å². The summed E-state index contributed by atoms with van der Waals surface area (Å²) >= 11 is 0. The van der Waals surface area contributed by atoms with Crippen LogP contribution in [0, 0.1) is 12.8 Å². The molecule has 0 atom stereocenters. The maximum absolute atomic E-state index is 11.5. The molecule has 2 N–H and O–H groups in total. The van der Waals surface area contributed by atoms with Crippen molar-refractivity contribution in [3.05, 3.63) is 29.3 Å². The number of rotatable bonds is 5. The van der Waals surface area contributed by atoms with Crippen LogP contribution in [0.5, 0.6) is 5.75 Å². The first-order chi connectivity index (χ1) is 12.1. The number of nitrogens with zero attached hydrogens (tertiary/aromatic N) is 2. The SMILES string of the molecule is CN=C(NCc1ccc(OC)c(C)c1)N1CCC(CC(=O)NC)CC1. The number of guanidine groups is 1. The summed E-state index contributed by atoms with van der Waals surface area (Å²) in [6.45, 7) is 4.65. The smallest absolute Gasteiger partial charge is 0.220 e. The van der Waals surface area contributed by atoms with Crippen LogP contribution in [0.15, 0.2) is 23.2 Å². The van der Waals surface area contributed by atoms with Gasteiger partial charge in [-0.1, -0.05) is 12.1 Å². The van der Waals surface area contributed by atoms with Gasteiger partial charge in [0.1, 0.15) is 5.75 Å². The lowest BCUT2D eigenvalue weighted by molar-refractivity contribution is -0.121. The largest absolute Gasteiger partial charge is 0.496 e. The van der Waals surface area contributed by atoms with E-state index in [1.165, 1.54) is 5.56 Å². The molecule has 0 aromatic heterocycles. The summed E-state index contributed by atoms with van der Waals surface area (Å²) in [6.07, 6.45) is 2.67. The maximum Gasteiger partial charge on any atom is 0.220 e. The van der Waals surface area contributed by atoms with Crippen molar-refractivity contribution in [2.45, 2.75) is 32.7 Å². The minimum atomic E-state index is 0.135. The number of carbonyl (C=O) groups excluding carboxylic acids is 1. The van der Waals surface area contributed by atoms with Crippen LogP contribution in [-0.4, -0.2) is 51.1 Å². The highest BCUT2D eigenvalue weighted by molar-refractivity contribution is 5.80. The highest BCUT2D eigenvalue weighted by Gasteiger charge is 2.22. The van der Waals surface area contributed by atoms with E-state index in [1.54, 1.807) is 14.2 Å². The molecule has 1 aliphatic rings. The zero-order valence-electron chi connectivity index (χ0n) is 15.8. The first-order valence-electron chi connectivity index (χ1n) is 8.87. The van der Waals surface area contributed by atoms with Gasteiger partial charge in [0.15, 0.2) is 5.96 Å². The highest BCUT2D eigenvalue weighted by atomic mass is 16.5. The van der Waals surface area contributed by atoms with Gasteiger partial charge in [0.2, 0.25) is 5.91 Å². The minimum Gasteiger partial charge on any atom is -0.496 e. The summed E-state index contributed by atoms with van der Waals surface area (Å²) in [7, 11) is 5.21. The van der Waals surface area contributed by atoms with Crippen molar-refractivity contribution in [3.8, 4) is 5.75 Å². The van der Waals surface area contributed by atoms with E-state index in [0.717, 1.165) is 49.7 Å². The molecule has 0 aliphatic carbocycles. The molecule has 2 rings (SSSR count). The van der Waals surface area contributed by atoms with Gasteiger partial charge in [-0.25, -0.2) is 0 Å². The Labute approximate surface area is 150 Å². The number of amides is 1. The van der Waals surface area contributed by atoms with Crippen molar-refractivity contribution in [2.24, 2.45) is 10.9 Å². The third kappa shape index (κ3) is 5.37. The molecule has 1 aromatic carbocycles. The molecule has 1 aromatic rings. The Balaban J connectivity index is 1.85. The normalized spacial score (nSPS) is 15.8. The average Bonchev–Trinajstić information content (AvgIpc) is 2.63. The van der Waals surface area contributed by atoms with Crippen molar-refractivity contribution < 1.29 is 9.53 Å². The first kappa shape index (κ1) is 19.1. The van der Waals surface area contributed by atoms with Gasteiger partial charge < -0.3 is 20.3 Å². The highest BCUT2D eigenvalue weighted by Crippen LogP contribution is 2.21. The van der Waals surface area contributed by atoms with E-state index in [1.807, 2.05) is 20.0 Å². The van der Waals surface area contributed by atoms with Crippen molar-refractivity contribution in [2.75, 3.05) is 34.3 Å². The molecule has 6 heteroatoms. The fourth-order valence-corrected chi connectivity index (χ4v) is 3.28. The molecule has 0 bridgehead atoms. The van der Waals surface area contributed by atoms with Crippen molar-refractivity contribution in [1.82, 2.24) is 15.5 Å². The summed E-state index contributed by atoms with van der Waals surface area (Å²) in [6, 6.07) is 6.20. The average molecular weight is 346 g/mol. The minimum absolute atomic E-state index is 0.135. The molecule has 1 aliphatic heterocycles. The Morgan fingerprint density at radius 2 is 2.08 bits per heavy atom. The van der Waals surface area contributed by atoms with Gasteiger partial charge in [-0.15, -0.1) is 0 Å². The van der Waals surface area contributed by atoms with Gasteiger partial charge in [0, 0.05) is 40.2 Å². The van der Waals surface area contributed by atoms with Gasteiger partial charge in [0.05, 0.1) is 7.11 Å². The van der Waals surface area contributed by atoms with Crippen molar-refractivity contribution in [1.29, 1.82) is 0 Å².